The predicted molar refractivity (Wildman–Crippen MR) is 65.4 cm³/mol. The fourth-order valence-corrected chi connectivity index (χ4v) is 2.28. The molecule has 0 aliphatic carbocycles. The number of fused-ring (bicyclic) bond motifs is 1. The normalized spacial score (nSPS) is 17.4. The molecule has 0 radical (unpaired) electrons. The van der Waals surface area contributed by atoms with Gasteiger partial charge in [0.2, 0.25) is 5.91 Å². The van der Waals surface area contributed by atoms with Gasteiger partial charge in [-0.15, -0.1) is 0 Å². The zero-order valence-electron chi connectivity index (χ0n) is 9.65. The van der Waals surface area contributed by atoms with E-state index >= 15 is 0 Å². The van der Waals surface area contributed by atoms with Crippen LogP contribution in [-0.2, 0) is 11.2 Å². The molecule has 86 valence electrons. The smallest absolute Gasteiger partial charge is 0.239 e. The van der Waals surface area contributed by atoms with E-state index < -0.39 is 0 Å². The van der Waals surface area contributed by atoms with Gasteiger partial charge in [0.05, 0.1) is 0 Å². The van der Waals surface area contributed by atoms with Crippen molar-refractivity contribution in [3.63, 3.8) is 0 Å². The third-order valence-electron chi connectivity index (χ3n) is 3.28. The Labute approximate surface area is 96.2 Å². The van der Waals surface area contributed by atoms with Gasteiger partial charge in [0.1, 0.15) is 6.04 Å². The van der Waals surface area contributed by atoms with Crippen LogP contribution < -0.4 is 10.6 Å². The zero-order valence-corrected chi connectivity index (χ0v) is 9.65. The lowest BCUT2D eigenvalue weighted by molar-refractivity contribution is -0.118. The number of nitrogens with zero attached hydrogens (tertiary/aromatic N) is 1. The van der Waals surface area contributed by atoms with Crippen molar-refractivity contribution in [3.05, 3.63) is 29.8 Å². The first kappa shape index (κ1) is 11.0. The molecule has 2 rings (SSSR count). The van der Waals surface area contributed by atoms with Crippen LogP contribution in [0.4, 0.5) is 5.69 Å². The molecule has 0 fully saturated rings. The Bertz CT molecular complexity index is 389. The molecule has 3 nitrogen and oxygen atoms in total. The number of hydrogen-bond donors (Lipinski definition) is 1. The molecular weight excluding hydrogens is 200 g/mol. The lowest BCUT2D eigenvalue weighted by Gasteiger charge is -2.29. The summed E-state index contributed by atoms with van der Waals surface area (Å²) in [7, 11) is 0. The quantitative estimate of drug-likeness (QED) is 0.821. The first-order chi connectivity index (χ1) is 7.70. The Hall–Kier alpha value is -1.51. The van der Waals surface area contributed by atoms with Gasteiger partial charge in [-0.2, -0.15) is 0 Å². The summed E-state index contributed by atoms with van der Waals surface area (Å²) in [5, 5.41) is 0. The van der Waals surface area contributed by atoms with Crippen LogP contribution in [0.15, 0.2) is 24.3 Å². The Kier molecular flexibility index (Phi) is 3.13. The van der Waals surface area contributed by atoms with Crippen LogP contribution in [0, 0.1) is 0 Å². The molecule has 1 aromatic rings. The van der Waals surface area contributed by atoms with Crippen LogP contribution in [0.25, 0.3) is 0 Å². The number of benzene rings is 1. The van der Waals surface area contributed by atoms with Crippen molar-refractivity contribution in [3.8, 4) is 0 Å². The number of carbonyl (C=O) groups is 1. The molecule has 1 unspecified atom stereocenters. The van der Waals surface area contributed by atoms with E-state index in [0.717, 1.165) is 19.4 Å². The zero-order chi connectivity index (χ0) is 11.5. The highest BCUT2D eigenvalue weighted by Gasteiger charge is 2.22. The second-order valence-electron chi connectivity index (χ2n) is 4.36. The minimum Gasteiger partial charge on any atom is -0.368 e. The molecule has 0 spiro atoms. The number of rotatable bonds is 2. The third-order valence-corrected chi connectivity index (χ3v) is 3.28. The molecule has 0 aromatic heterocycles. The first-order valence-electron chi connectivity index (χ1n) is 5.84. The van der Waals surface area contributed by atoms with Gasteiger partial charge < -0.3 is 10.6 Å². The average Bonchev–Trinajstić information content (AvgIpc) is 2.50. The summed E-state index contributed by atoms with van der Waals surface area (Å²) in [5.41, 5.74) is 7.89. The van der Waals surface area contributed by atoms with Crippen molar-refractivity contribution >= 4 is 11.6 Å². The second kappa shape index (κ2) is 4.56. The van der Waals surface area contributed by atoms with E-state index in [2.05, 4.69) is 23.1 Å². The van der Waals surface area contributed by atoms with Gasteiger partial charge in [0.25, 0.3) is 0 Å². The van der Waals surface area contributed by atoms with Crippen molar-refractivity contribution in [1.29, 1.82) is 0 Å². The number of carbonyl (C=O) groups excluding carboxylic acids is 1. The van der Waals surface area contributed by atoms with E-state index in [4.69, 9.17) is 5.73 Å². The first-order valence-corrected chi connectivity index (χ1v) is 5.84. The van der Waals surface area contributed by atoms with Gasteiger partial charge in [-0.25, -0.2) is 0 Å². The van der Waals surface area contributed by atoms with Crippen LogP contribution in [0.5, 0.6) is 0 Å². The Morgan fingerprint density at radius 3 is 2.88 bits per heavy atom. The van der Waals surface area contributed by atoms with Crippen LogP contribution in [-0.4, -0.2) is 18.5 Å². The van der Waals surface area contributed by atoms with Crippen molar-refractivity contribution in [1.82, 2.24) is 0 Å². The molecule has 2 N–H and O–H groups in total. The summed E-state index contributed by atoms with van der Waals surface area (Å²) in [6, 6.07) is 8.07. The van der Waals surface area contributed by atoms with Gasteiger partial charge in [-0.1, -0.05) is 18.2 Å². The molecule has 1 atom stereocenters. The van der Waals surface area contributed by atoms with Gasteiger partial charge >= 0.3 is 0 Å². The van der Waals surface area contributed by atoms with Gasteiger partial charge in [0.15, 0.2) is 0 Å². The van der Waals surface area contributed by atoms with Crippen molar-refractivity contribution in [2.75, 3.05) is 11.4 Å². The van der Waals surface area contributed by atoms with Crippen LogP contribution in [0.1, 0.15) is 25.3 Å². The maximum atomic E-state index is 11.3. The summed E-state index contributed by atoms with van der Waals surface area (Å²) in [6.45, 7) is 2.80. The lowest BCUT2D eigenvalue weighted by Crippen LogP contribution is -2.43. The van der Waals surface area contributed by atoms with E-state index in [1.54, 1.807) is 0 Å². The fourth-order valence-electron chi connectivity index (χ4n) is 2.28. The van der Waals surface area contributed by atoms with E-state index in [9.17, 15) is 4.79 Å². The van der Waals surface area contributed by atoms with E-state index in [-0.39, 0.29) is 11.9 Å². The predicted octanol–water partition coefficient (Wildman–Crippen LogP) is 1.70. The highest BCUT2D eigenvalue weighted by Crippen LogP contribution is 2.27. The van der Waals surface area contributed by atoms with Crippen molar-refractivity contribution in [2.45, 2.75) is 32.2 Å². The summed E-state index contributed by atoms with van der Waals surface area (Å²) in [6.07, 6.45) is 3.39. The molecule has 1 aliphatic heterocycles. The molecule has 1 aliphatic rings. The summed E-state index contributed by atoms with van der Waals surface area (Å²) in [4.78, 5) is 13.4. The molecule has 0 saturated heterocycles. The summed E-state index contributed by atoms with van der Waals surface area (Å²) in [5.74, 6) is -0.253. The molecular formula is C13H18N2O. The third kappa shape index (κ3) is 2.03. The Balaban J connectivity index is 2.36. The largest absolute Gasteiger partial charge is 0.368 e. The maximum Gasteiger partial charge on any atom is 0.239 e. The minimum absolute atomic E-state index is 0.223. The number of amides is 1. The SMILES string of the molecule is CC(C(N)=O)N1CCCCc2ccccc21. The van der Waals surface area contributed by atoms with Crippen molar-refractivity contribution in [2.24, 2.45) is 5.73 Å². The van der Waals surface area contributed by atoms with Crippen molar-refractivity contribution < 1.29 is 4.79 Å². The summed E-state index contributed by atoms with van der Waals surface area (Å²) < 4.78 is 0. The Morgan fingerprint density at radius 2 is 2.12 bits per heavy atom. The second-order valence-corrected chi connectivity index (χ2v) is 4.36. The summed E-state index contributed by atoms with van der Waals surface area (Å²) >= 11 is 0. The van der Waals surface area contributed by atoms with Crippen LogP contribution in [0.2, 0.25) is 0 Å². The fraction of sp³-hybridized carbons (Fsp3) is 0.462. The number of para-hydroxylation sites is 1. The molecule has 3 heteroatoms. The monoisotopic (exact) mass is 218 g/mol. The van der Waals surface area contributed by atoms with Crippen LogP contribution in [0.3, 0.4) is 0 Å². The highest BCUT2D eigenvalue weighted by molar-refractivity contribution is 5.83. The Morgan fingerprint density at radius 1 is 1.38 bits per heavy atom. The average molecular weight is 218 g/mol. The number of anilines is 1. The molecule has 1 aromatic carbocycles. The van der Waals surface area contributed by atoms with Crippen LogP contribution >= 0.6 is 0 Å². The molecule has 1 amide bonds. The maximum absolute atomic E-state index is 11.3. The number of hydrogen-bond acceptors (Lipinski definition) is 2. The number of aryl methyl sites for hydroxylation is 1. The van der Waals surface area contributed by atoms with Gasteiger partial charge in [-0.05, 0) is 37.8 Å². The van der Waals surface area contributed by atoms with E-state index in [0.29, 0.717) is 0 Å². The molecule has 0 saturated carbocycles. The van der Waals surface area contributed by atoms with E-state index in [1.807, 2.05) is 13.0 Å². The van der Waals surface area contributed by atoms with Gasteiger partial charge in [0, 0.05) is 12.2 Å². The molecule has 16 heavy (non-hydrogen) atoms. The van der Waals surface area contributed by atoms with Gasteiger partial charge in [-0.3, -0.25) is 4.79 Å². The molecule has 1 heterocycles. The number of nitrogens with two attached hydrogens (primary N) is 1. The standard InChI is InChI=1S/C13H18N2O/c1-10(13(14)16)15-9-5-4-7-11-6-2-3-8-12(11)15/h2-3,6,8,10H,4-5,7,9H2,1H3,(H2,14,16). The van der Waals surface area contributed by atoms with E-state index in [1.165, 1.54) is 17.7 Å². The highest BCUT2D eigenvalue weighted by atomic mass is 16.1. The molecule has 0 bridgehead atoms. The number of primary amides is 1. The minimum atomic E-state index is -0.253. The lowest BCUT2D eigenvalue weighted by atomic mass is 10.1. The topological polar surface area (TPSA) is 46.3 Å².